The van der Waals surface area contributed by atoms with Crippen molar-refractivity contribution in [2.75, 3.05) is 25.5 Å². The lowest BCUT2D eigenvalue weighted by Crippen LogP contribution is -2.40. The smallest absolute Gasteiger partial charge is 0.322 e. The van der Waals surface area contributed by atoms with Crippen molar-refractivity contribution in [3.63, 3.8) is 0 Å². The van der Waals surface area contributed by atoms with E-state index in [0.29, 0.717) is 24.5 Å². The quantitative estimate of drug-likeness (QED) is 0.520. The molecule has 1 saturated heterocycles. The van der Waals surface area contributed by atoms with Crippen LogP contribution in [0.3, 0.4) is 0 Å². The van der Waals surface area contributed by atoms with Crippen molar-refractivity contribution < 1.29 is 9.53 Å². The summed E-state index contributed by atoms with van der Waals surface area (Å²) < 4.78 is 5.12. The Morgan fingerprint density at radius 3 is 3.25 bits per heavy atom. The molecule has 20 heavy (non-hydrogen) atoms. The number of likely N-dealkylation sites (tertiary alicyclic amines) is 1. The number of benzene rings is 1. The molecule has 106 valence electrons. The number of hydrogen-bond acceptors (Lipinski definition) is 3. The number of urea groups is 1. The van der Waals surface area contributed by atoms with Gasteiger partial charge in [-0.25, -0.2) is 4.79 Å². The third-order valence-electron chi connectivity index (χ3n) is 3.31. The lowest BCUT2D eigenvalue weighted by Gasteiger charge is -2.23. The Morgan fingerprint density at radius 2 is 2.50 bits per heavy atom. The number of nitrogens with one attached hydrogen (secondary N) is 1. The zero-order valence-electron chi connectivity index (χ0n) is 11.3. The molecule has 1 aromatic rings. The van der Waals surface area contributed by atoms with Crippen LogP contribution >= 0.6 is 0 Å². The van der Waals surface area contributed by atoms with E-state index in [0.717, 1.165) is 12.8 Å². The van der Waals surface area contributed by atoms with Crippen molar-refractivity contribution in [1.29, 1.82) is 0 Å². The second kappa shape index (κ2) is 6.68. The van der Waals surface area contributed by atoms with Crippen LogP contribution in [0.25, 0.3) is 10.4 Å². The first-order valence-electron chi connectivity index (χ1n) is 6.47. The number of carbonyl (C=O) groups excluding carboxylic acids is 1. The minimum absolute atomic E-state index is 0.0171. The number of azide groups is 1. The minimum atomic E-state index is -0.172. The van der Waals surface area contributed by atoms with Gasteiger partial charge in [0.25, 0.3) is 0 Å². The van der Waals surface area contributed by atoms with Crippen LogP contribution in [0.4, 0.5) is 10.5 Å². The molecule has 1 heterocycles. The molecular weight excluding hydrogens is 258 g/mol. The molecule has 1 unspecified atom stereocenters. The van der Waals surface area contributed by atoms with Gasteiger partial charge in [-0.1, -0.05) is 11.2 Å². The number of hydrogen-bond donors (Lipinski definition) is 1. The summed E-state index contributed by atoms with van der Waals surface area (Å²) in [4.78, 5) is 16.7. The molecule has 2 amide bonds. The molecule has 1 fully saturated rings. The van der Waals surface area contributed by atoms with Crippen molar-refractivity contribution in [3.05, 3.63) is 34.7 Å². The molecular formula is C13H17N5O2. The SMILES string of the molecule is COc1cccc(NC(=O)N2CCCC2CN=[N+]=[N-])c1. The van der Waals surface area contributed by atoms with Gasteiger partial charge in [0.2, 0.25) is 0 Å². The number of nitrogens with zero attached hydrogens (tertiary/aromatic N) is 4. The van der Waals surface area contributed by atoms with Crippen LogP contribution in [0.5, 0.6) is 5.75 Å². The Morgan fingerprint density at radius 1 is 1.65 bits per heavy atom. The fourth-order valence-corrected chi connectivity index (χ4v) is 2.32. The van der Waals surface area contributed by atoms with E-state index < -0.39 is 0 Å². The van der Waals surface area contributed by atoms with Gasteiger partial charge in [-0.3, -0.25) is 0 Å². The van der Waals surface area contributed by atoms with Crippen LogP contribution in [0.15, 0.2) is 29.4 Å². The first-order valence-corrected chi connectivity index (χ1v) is 6.47. The average Bonchev–Trinajstić information content (AvgIpc) is 2.93. The molecule has 1 atom stereocenters. The van der Waals surface area contributed by atoms with E-state index in [4.69, 9.17) is 10.3 Å². The first kappa shape index (κ1) is 14.0. The van der Waals surface area contributed by atoms with Gasteiger partial charge in [-0.15, -0.1) is 0 Å². The van der Waals surface area contributed by atoms with Gasteiger partial charge >= 0.3 is 6.03 Å². The second-order valence-corrected chi connectivity index (χ2v) is 4.56. The van der Waals surface area contributed by atoms with E-state index in [-0.39, 0.29) is 12.1 Å². The monoisotopic (exact) mass is 275 g/mol. The molecule has 0 radical (unpaired) electrons. The van der Waals surface area contributed by atoms with Crippen molar-refractivity contribution in [2.45, 2.75) is 18.9 Å². The van der Waals surface area contributed by atoms with E-state index in [2.05, 4.69) is 15.3 Å². The largest absolute Gasteiger partial charge is 0.497 e. The van der Waals surface area contributed by atoms with E-state index in [1.54, 1.807) is 24.1 Å². The molecule has 0 aromatic heterocycles. The second-order valence-electron chi connectivity index (χ2n) is 4.56. The molecule has 0 aliphatic carbocycles. The lowest BCUT2D eigenvalue weighted by molar-refractivity contribution is 0.208. The molecule has 1 aliphatic rings. The maximum atomic E-state index is 12.2. The first-order chi connectivity index (χ1) is 9.74. The summed E-state index contributed by atoms with van der Waals surface area (Å²) in [5, 5.41) is 6.40. The van der Waals surface area contributed by atoms with E-state index in [1.165, 1.54) is 0 Å². The van der Waals surface area contributed by atoms with Crippen LogP contribution in [-0.4, -0.2) is 37.2 Å². The number of amides is 2. The van der Waals surface area contributed by atoms with Crippen LogP contribution < -0.4 is 10.1 Å². The highest BCUT2D eigenvalue weighted by Crippen LogP contribution is 2.21. The summed E-state index contributed by atoms with van der Waals surface area (Å²) >= 11 is 0. The van der Waals surface area contributed by atoms with Gasteiger partial charge in [0.15, 0.2) is 0 Å². The lowest BCUT2D eigenvalue weighted by atomic mass is 10.2. The van der Waals surface area contributed by atoms with Gasteiger partial charge in [-0.05, 0) is 30.5 Å². The molecule has 7 nitrogen and oxygen atoms in total. The maximum absolute atomic E-state index is 12.2. The highest BCUT2D eigenvalue weighted by atomic mass is 16.5. The van der Waals surface area contributed by atoms with Gasteiger partial charge in [0.05, 0.1) is 7.11 Å². The Kier molecular flexibility index (Phi) is 4.68. The van der Waals surface area contributed by atoms with Crippen LogP contribution in [0, 0.1) is 0 Å². The summed E-state index contributed by atoms with van der Waals surface area (Å²) in [5.41, 5.74) is 9.05. The Hall–Kier alpha value is -2.40. The summed E-state index contributed by atoms with van der Waals surface area (Å²) in [6, 6.07) is 7.01. The van der Waals surface area contributed by atoms with Crippen molar-refractivity contribution in [3.8, 4) is 5.75 Å². The predicted octanol–water partition coefficient (Wildman–Crippen LogP) is 3.00. The number of ether oxygens (including phenoxy) is 1. The highest BCUT2D eigenvalue weighted by molar-refractivity contribution is 5.90. The number of anilines is 1. The zero-order chi connectivity index (χ0) is 14.4. The van der Waals surface area contributed by atoms with Crippen LogP contribution in [-0.2, 0) is 0 Å². The summed E-state index contributed by atoms with van der Waals surface area (Å²) in [7, 11) is 1.58. The predicted molar refractivity (Wildman–Crippen MR) is 75.8 cm³/mol. The Bertz CT molecular complexity index is 527. The fourth-order valence-electron chi connectivity index (χ4n) is 2.32. The summed E-state index contributed by atoms with van der Waals surface area (Å²) in [6.45, 7) is 1.00. The molecule has 7 heteroatoms. The van der Waals surface area contributed by atoms with Gasteiger partial charge in [0, 0.05) is 35.8 Å². The number of carbonyl (C=O) groups is 1. The van der Waals surface area contributed by atoms with Gasteiger partial charge in [-0.2, -0.15) is 0 Å². The molecule has 1 N–H and O–H groups in total. The zero-order valence-corrected chi connectivity index (χ0v) is 11.3. The highest BCUT2D eigenvalue weighted by Gasteiger charge is 2.28. The maximum Gasteiger partial charge on any atom is 0.322 e. The topological polar surface area (TPSA) is 90.3 Å². The molecule has 0 bridgehead atoms. The van der Waals surface area contributed by atoms with Crippen LogP contribution in [0.2, 0.25) is 0 Å². The molecule has 0 spiro atoms. The van der Waals surface area contributed by atoms with Crippen molar-refractivity contribution in [2.24, 2.45) is 5.11 Å². The molecule has 0 saturated carbocycles. The molecule has 2 rings (SSSR count). The number of methoxy groups -OCH3 is 1. The Labute approximate surface area is 117 Å². The van der Waals surface area contributed by atoms with Gasteiger partial charge in [0.1, 0.15) is 5.75 Å². The average molecular weight is 275 g/mol. The number of rotatable bonds is 4. The van der Waals surface area contributed by atoms with E-state index >= 15 is 0 Å². The summed E-state index contributed by atoms with van der Waals surface area (Å²) in [6.07, 6.45) is 1.79. The van der Waals surface area contributed by atoms with Crippen LogP contribution in [0.1, 0.15) is 12.8 Å². The standard InChI is InChI=1S/C13H17N5O2/c1-20-12-6-2-4-10(8-12)16-13(19)18-7-3-5-11(18)9-15-17-14/h2,4,6,8,11H,3,5,7,9H2,1H3,(H,16,19). The van der Waals surface area contributed by atoms with E-state index in [1.807, 2.05) is 12.1 Å². The summed E-state index contributed by atoms with van der Waals surface area (Å²) in [5.74, 6) is 0.690. The minimum Gasteiger partial charge on any atom is -0.497 e. The third kappa shape index (κ3) is 3.33. The third-order valence-corrected chi connectivity index (χ3v) is 3.31. The van der Waals surface area contributed by atoms with Crippen molar-refractivity contribution in [1.82, 2.24) is 4.90 Å². The molecule has 1 aliphatic heterocycles. The van der Waals surface area contributed by atoms with Gasteiger partial charge < -0.3 is 15.0 Å². The Balaban J connectivity index is 2.01. The normalized spacial score (nSPS) is 17.4. The molecule has 1 aromatic carbocycles. The van der Waals surface area contributed by atoms with Crippen molar-refractivity contribution >= 4 is 11.7 Å². The fraction of sp³-hybridized carbons (Fsp3) is 0.462. The van der Waals surface area contributed by atoms with E-state index in [9.17, 15) is 4.79 Å².